The van der Waals surface area contributed by atoms with Crippen LogP contribution >= 0.6 is 35.0 Å². The van der Waals surface area contributed by atoms with E-state index < -0.39 is 11.0 Å². The van der Waals surface area contributed by atoms with Crippen molar-refractivity contribution in [1.82, 2.24) is 10.2 Å². The van der Waals surface area contributed by atoms with Gasteiger partial charge in [0.2, 0.25) is 11.8 Å². The first kappa shape index (κ1) is 25.0. The summed E-state index contributed by atoms with van der Waals surface area (Å²) in [4.78, 5) is 37.1. The van der Waals surface area contributed by atoms with Gasteiger partial charge in [0, 0.05) is 31.0 Å². The molecule has 10 heteroatoms. The molecule has 0 saturated carbocycles. The number of thioether (sulfide) groups is 1. The van der Waals surface area contributed by atoms with Crippen molar-refractivity contribution < 1.29 is 14.5 Å². The maximum absolute atomic E-state index is 13.0. The minimum Gasteiger partial charge on any atom is -0.355 e. The number of nitrogens with one attached hydrogen (secondary N) is 1. The number of carbonyl (C=O) groups excluding carboxylic acids is 2. The third kappa shape index (κ3) is 7.41. The average Bonchev–Trinajstić information content (AvgIpc) is 2.74. The first-order valence-corrected chi connectivity index (χ1v) is 11.5. The van der Waals surface area contributed by atoms with Gasteiger partial charge in [0.25, 0.3) is 5.69 Å². The SMILES string of the molecule is CCNC(=O)[C@H](C)N(Cc1ccc(Cl)c(Cl)c1)C(=O)CSCc1ccc([N+](=O)[O-])cc1. The number of non-ortho nitro benzene ring substituents is 1. The lowest BCUT2D eigenvalue weighted by Crippen LogP contribution is -2.48. The molecule has 2 rings (SSSR count). The van der Waals surface area contributed by atoms with E-state index in [0.29, 0.717) is 22.3 Å². The molecule has 31 heavy (non-hydrogen) atoms. The summed E-state index contributed by atoms with van der Waals surface area (Å²) in [6.07, 6.45) is 0. The van der Waals surface area contributed by atoms with Crippen molar-refractivity contribution >= 4 is 52.5 Å². The van der Waals surface area contributed by atoms with E-state index in [4.69, 9.17) is 23.2 Å². The smallest absolute Gasteiger partial charge is 0.269 e. The summed E-state index contributed by atoms with van der Waals surface area (Å²) >= 11 is 13.4. The molecule has 0 aliphatic carbocycles. The Morgan fingerprint density at radius 3 is 2.35 bits per heavy atom. The Morgan fingerprint density at radius 2 is 1.77 bits per heavy atom. The maximum atomic E-state index is 13.0. The normalized spacial score (nSPS) is 11.6. The van der Waals surface area contributed by atoms with E-state index in [1.807, 2.05) is 6.92 Å². The zero-order valence-corrected chi connectivity index (χ0v) is 19.5. The van der Waals surface area contributed by atoms with Gasteiger partial charge in [-0.2, -0.15) is 0 Å². The van der Waals surface area contributed by atoms with Crippen LogP contribution in [0.15, 0.2) is 42.5 Å². The van der Waals surface area contributed by atoms with Gasteiger partial charge in [0.05, 0.1) is 20.7 Å². The molecule has 0 aliphatic heterocycles. The van der Waals surface area contributed by atoms with Gasteiger partial charge in [-0.1, -0.05) is 41.4 Å². The summed E-state index contributed by atoms with van der Waals surface area (Å²) in [5, 5.41) is 14.3. The molecule has 0 fully saturated rings. The molecular formula is C21H23Cl2N3O4S. The monoisotopic (exact) mass is 483 g/mol. The Hall–Kier alpha value is -2.29. The molecule has 0 aromatic heterocycles. The highest BCUT2D eigenvalue weighted by Crippen LogP contribution is 2.24. The molecule has 0 radical (unpaired) electrons. The second-order valence-corrected chi connectivity index (χ2v) is 8.56. The first-order valence-electron chi connectivity index (χ1n) is 9.55. The predicted molar refractivity (Wildman–Crippen MR) is 124 cm³/mol. The minimum atomic E-state index is -0.665. The van der Waals surface area contributed by atoms with E-state index in [9.17, 15) is 19.7 Å². The largest absolute Gasteiger partial charge is 0.355 e. The zero-order valence-electron chi connectivity index (χ0n) is 17.1. The van der Waals surface area contributed by atoms with Gasteiger partial charge in [0.15, 0.2) is 0 Å². The number of rotatable bonds is 10. The van der Waals surface area contributed by atoms with Crippen LogP contribution in [0.5, 0.6) is 0 Å². The Balaban J connectivity index is 2.06. The fourth-order valence-electron chi connectivity index (χ4n) is 2.79. The van der Waals surface area contributed by atoms with Gasteiger partial charge < -0.3 is 10.2 Å². The topological polar surface area (TPSA) is 92.6 Å². The summed E-state index contributed by atoms with van der Waals surface area (Å²) in [6.45, 7) is 4.18. The molecule has 0 spiro atoms. The highest BCUT2D eigenvalue weighted by atomic mass is 35.5. The van der Waals surface area contributed by atoms with Crippen molar-refractivity contribution in [3.8, 4) is 0 Å². The van der Waals surface area contributed by atoms with Crippen LogP contribution in [-0.4, -0.2) is 40.0 Å². The van der Waals surface area contributed by atoms with Crippen LogP contribution in [0.1, 0.15) is 25.0 Å². The van der Waals surface area contributed by atoms with Gasteiger partial charge in [-0.3, -0.25) is 19.7 Å². The molecule has 0 heterocycles. The molecule has 7 nitrogen and oxygen atoms in total. The molecule has 0 saturated heterocycles. The molecule has 1 N–H and O–H groups in total. The summed E-state index contributed by atoms with van der Waals surface area (Å²) in [7, 11) is 0. The van der Waals surface area contributed by atoms with Gasteiger partial charge in [-0.05, 0) is 37.1 Å². The fraction of sp³-hybridized carbons (Fsp3) is 0.333. The van der Waals surface area contributed by atoms with Crippen LogP contribution in [0.25, 0.3) is 0 Å². The molecule has 2 aromatic rings. The van der Waals surface area contributed by atoms with Gasteiger partial charge >= 0.3 is 0 Å². The zero-order chi connectivity index (χ0) is 23.0. The van der Waals surface area contributed by atoms with Crippen LogP contribution in [0.3, 0.4) is 0 Å². The van der Waals surface area contributed by atoms with Gasteiger partial charge in [0.1, 0.15) is 6.04 Å². The minimum absolute atomic E-state index is 0.0217. The number of nitro groups is 1. The van der Waals surface area contributed by atoms with Crippen LogP contribution in [0, 0.1) is 10.1 Å². The van der Waals surface area contributed by atoms with Crippen LogP contribution in [0.2, 0.25) is 10.0 Å². The van der Waals surface area contributed by atoms with Crippen molar-refractivity contribution in [3.63, 3.8) is 0 Å². The molecule has 0 bridgehead atoms. The third-order valence-corrected chi connectivity index (χ3v) is 6.22. The van der Waals surface area contributed by atoms with Gasteiger partial charge in [-0.25, -0.2) is 0 Å². The molecule has 0 aliphatic rings. The highest BCUT2D eigenvalue weighted by molar-refractivity contribution is 7.99. The van der Waals surface area contributed by atoms with E-state index in [2.05, 4.69) is 5.32 Å². The lowest BCUT2D eigenvalue weighted by Gasteiger charge is -2.28. The predicted octanol–water partition coefficient (Wildman–Crippen LogP) is 4.69. The number of hydrogen-bond acceptors (Lipinski definition) is 5. The molecular weight excluding hydrogens is 461 g/mol. The fourth-order valence-corrected chi connectivity index (χ4v) is 3.98. The Labute approximate surface area is 195 Å². The number of carbonyl (C=O) groups is 2. The van der Waals surface area contributed by atoms with Crippen LogP contribution < -0.4 is 5.32 Å². The number of benzene rings is 2. The quantitative estimate of drug-likeness (QED) is 0.390. The second-order valence-electron chi connectivity index (χ2n) is 6.76. The summed E-state index contributed by atoms with van der Waals surface area (Å²) in [5.74, 6) is 0.232. The number of nitro benzene ring substituents is 1. The average molecular weight is 484 g/mol. The van der Waals surface area contributed by atoms with Crippen molar-refractivity contribution in [1.29, 1.82) is 0 Å². The lowest BCUT2D eigenvalue weighted by molar-refractivity contribution is -0.384. The number of halogens is 2. The van der Waals surface area contributed by atoms with Crippen molar-refractivity contribution in [2.75, 3.05) is 12.3 Å². The number of amides is 2. The second kappa shape index (κ2) is 11.9. The Morgan fingerprint density at radius 1 is 1.13 bits per heavy atom. The van der Waals surface area contributed by atoms with E-state index in [1.54, 1.807) is 37.3 Å². The Bertz CT molecular complexity index is 941. The first-order chi connectivity index (χ1) is 14.7. The highest BCUT2D eigenvalue weighted by Gasteiger charge is 2.25. The molecule has 2 amide bonds. The van der Waals surface area contributed by atoms with Crippen molar-refractivity contribution in [2.24, 2.45) is 0 Å². The summed E-state index contributed by atoms with van der Waals surface area (Å²) in [6, 6.07) is 10.6. The Kier molecular flexibility index (Phi) is 9.61. The van der Waals surface area contributed by atoms with Crippen molar-refractivity contribution in [3.05, 3.63) is 73.8 Å². The summed E-state index contributed by atoms with van der Waals surface area (Å²) < 4.78 is 0. The van der Waals surface area contributed by atoms with Crippen molar-refractivity contribution in [2.45, 2.75) is 32.2 Å². The molecule has 1 atom stereocenters. The maximum Gasteiger partial charge on any atom is 0.269 e. The van der Waals surface area contributed by atoms with E-state index in [1.165, 1.54) is 28.8 Å². The standard InChI is InChI=1S/C21H23Cl2N3O4S/c1-3-24-21(28)14(2)25(11-16-6-9-18(22)19(23)10-16)20(27)13-31-12-15-4-7-17(8-5-15)26(29)30/h4-10,14H,3,11-13H2,1-2H3,(H,24,28)/t14-/m0/s1. The molecule has 0 unspecified atom stereocenters. The third-order valence-electron chi connectivity index (χ3n) is 4.50. The number of hydrogen-bond donors (Lipinski definition) is 1. The van der Waals surface area contributed by atoms with Crippen LogP contribution in [-0.2, 0) is 21.9 Å². The number of nitrogens with zero attached hydrogens (tertiary/aromatic N) is 2. The summed E-state index contributed by atoms with van der Waals surface area (Å²) in [5.41, 5.74) is 1.66. The molecule has 2 aromatic carbocycles. The molecule has 166 valence electrons. The van der Waals surface area contributed by atoms with E-state index >= 15 is 0 Å². The van der Waals surface area contributed by atoms with E-state index in [0.717, 1.165) is 11.1 Å². The number of likely N-dealkylation sites (N-methyl/N-ethyl adjacent to an activating group) is 1. The van der Waals surface area contributed by atoms with Gasteiger partial charge in [-0.15, -0.1) is 11.8 Å². The van der Waals surface area contributed by atoms with Crippen LogP contribution in [0.4, 0.5) is 5.69 Å². The van der Waals surface area contributed by atoms with E-state index in [-0.39, 0.29) is 29.8 Å². The lowest BCUT2D eigenvalue weighted by atomic mass is 10.1.